The van der Waals surface area contributed by atoms with Crippen LogP contribution in [-0.2, 0) is 6.18 Å². The molecule has 1 saturated carbocycles. The fourth-order valence-corrected chi connectivity index (χ4v) is 2.84. The Morgan fingerprint density at radius 3 is 2.42 bits per heavy atom. The predicted molar refractivity (Wildman–Crippen MR) is 87.0 cm³/mol. The van der Waals surface area contributed by atoms with E-state index in [2.05, 4.69) is 20.6 Å². The molecule has 3 rings (SSSR count). The first-order chi connectivity index (χ1) is 11.4. The molecular weight excluding hydrogens is 319 g/mol. The maximum Gasteiger partial charge on any atom is 0.418 e. The van der Waals surface area contributed by atoms with E-state index in [0.29, 0.717) is 5.82 Å². The number of aromatic nitrogens is 2. The van der Waals surface area contributed by atoms with Gasteiger partial charge in [0.2, 0.25) is 0 Å². The van der Waals surface area contributed by atoms with Crippen molar-refractivity contribution in [3.05, 3.63) is 36.2 Å². The molecule has 1 heterocycles. The summed E-state index contributed by atoms with van der Waals surface area (Å²) in [5.41, 5.74) is 5.38. The number of hydrogen-bond acceptors (Lipinski definition) is 5. The molecule has 1 aliphatic carbocycles. The number of rotatable bonds is 4. The largest absolute Gasteiger partial charge is 0.418 e. The lowest BCUT2D eigenvalue weighted by molar-refractivity contribution is -0.136. The van der Waals surface area contributed by atoms with E-state index >= 15 is 0 Å². The van der Waals surface area contributed by atoms with Gasteiger partial charge in [0.1, 0.15) is 12.0 Å². The van der Waals surface area contributed by atoms with E-state index in [9.17, 15) is 13.2 Å². The zero-order chi connectivity index (χ0) is 17.2. The highest BCUT2D eigenvalue weighted by molar-refractivity contribution is 5.78. The summed E-state index contributed by atoms with van der Waals surface area (Å²) in [5, 5.41) is 5.92. The van der Waals surface area contributed by atoms with Crippen molar-refractivity contribution >= 4 is 23.0 Å². The topological polar surface area (TPSA) is 75.9 Å². The predicted octanol–water partition coefficient (Wildman–Crippen LogP) is 4.18. The third kappa shape index (κ3) is 3.52. The molecule has 2 aromatic rings. The molecule has 1 aromatic heterocycles. The van der Waals surface area contributed by atoms with Crippen LogP contribution in [0.1, 0.15) is 31.2 Å². The molecule has 8 heteroatoms. The minimum absolute atomic E-state index is 0.0952. The number of anilines is 4. The third-order valence-corrected chi connectivity index (χ3v) is 4.07. The van der Waals surface area contributed by atoms with Crippen LogP contribution >= 0.6 is 0 Å². The van der Waals surface area contributed by atoms with E-state index in [1.165, 1.54) is 24.5 Å². The number of nitrogens with one attached hydrogen (secondary N) is 2. The van der Waals surface area contributed by atoms with E-state index < -0.39 is 11.7 Å². The Bertz CT molecular complexity index is 711. The zero-order valence-corrected chi connectivity index (χ0v) is 12.9. The number of nitrogen functional groups attached to an aromatic ring is 1. The molecule has 4 N–H and O–H groups in total. The van der Waals surface area contributed by atoms with Crippen LogP contribution in [0.4, 0.5) is 36.2 Å². The number of para-hydroxylation sites is 1. The Kier molecular flexibility index (Phi) is 4.46. The van der Waals surface area contributed by atoms with E-state index in [0.717, 1.165) is 31.7 Å². The summed E-state index contributed by atoms with van der Waals surface area (Å²) in [7, 11) is 0. The van der Waals surface area contributed by atoms with Crippen molar-refractivity contribution in [2.24, 2.45) is 0 Å². The Morgan fingerprint density at radius 1 is 1.04 bits per heavy atom. The van der Waals surface area contributed by atoms with Crippen molar-refractivity contribution in [3.63, 3.8) is 0 Å². The standard InChI is InChI=1S/C16H18F3N5/c17-16(18,19)11-7-3-4-8-12(11)24-15-13(20)14(21-9-22-15)23-10-5-1-2-6-10/h3-4,7-10H,1-2,5-6,20H2,(H2,21,22,23,24). The Balaban J connectivity index is 1.86. The van der Waals surface area contributed by atoms with E-state index in [1.54, 1.807) is 0 Å². The molecular formula is C16H18F3N5. The average molecular weight is 337 g/mol. The highest BCUT2D eigenvalue weighted by atomic mass is 19.4. The quantitative estimate of drug-likeness (QED) is 0.780. The lowest BCUT2D eigenvalue weighted by atomic mass is 10.1. The second-order valence-corrected chi connectivity index (χ2v) is 5.78. The molecule has 1 fully saturated rings. The summed E-state index contributed by atoms with van der Waals surface area (Å²) in [4.78, 5) is 8.08. The summed E-state index contributed by atoms with van der Waals surface area (Å²) < 4.78 is 39.3. The molecule has 0 bridgehead atoms. The molecule has 0 spiro atoms. The monoisotopic (exact) mass is 337 g/mol. The van der Waals surface area contributed by atoms with Gasteiger partial charge in [0.15, 0.2) is 11.6 Å². The fourth-order valence-electron chi connectivity index (χ4n) is 2.84. The van der Waals surface area contributed by atoms with Gasteiger partial charge in [-0.05, 0) is 25.0 Å². The van der Waals surface area contributed by atoms with Gasteiger partial charge in [0.25, 0.3) is 0 Å². The molecule has 0 unspecified atom stereocenters. The molecule has 24 heavy (non-hydrogen) atoms. The van der Waals surface area contributed by atoms with E-state index in [4.69, 9.17) is 5.73 Å². The molecule has 0 amide bonds. The summed E-state index contributed by atoms with van der Waals surface area (Å²) in [6.07, 6.45) is 1.17. The van der Waals surface area contributed by atoms with Crippen LogP contribution in [-0.4, -0.2) is 16.0 Å². The molecule has 0 atom stereocenters. The minimum atomic E-state index is -4.46. The lowest BCUT2D eigenvalue weighted by Gasteiger charge is -2.18. The number of nitrogens with zero attached hydrogens (tertiary/aromatic N) is 2. The number of nitrogens with two attached hydrogens (primary N) is 1. The molecule has 1 aliphatic rings. The van der Waals surface area contributed by atoms with Crippen LogP contribution < -0.4 is 16.4 Å². The van der Waals surface area contributed by atoms with Crippen molar-refractivity contribution in [1.29, 1.82) is 0 Å². The van der Waals surface area contributed by atoms with Gasteiger partial charge in [-0.15, -0.1) is 0 Å². The number of halogens is 3. The van der Waals surface area contributed by atoms with Gasteiger partial charge < -0.3 is 16.4 Å². The van der Waals surface area contributed by atoms with E-state index in [-0.39, 0.29) is 23.2 Å². The van der Waals surface area contributed by atoms with Crippen molar-refractivity contribution < 1.29 is 13.2 Å². The molecule has 5 nitrogen and oxygen atoms in total. The number of alkyl halides is 3. The summed E-state index contributed by atoms with van der Waals surface area (Å²) in [6, 6.07) is 5.50. The second kappa shape index (κ2) is 6.54. The van der Waals surface area contributed by atoms with Crippen molar-refractivity contribution in [3.8, 4) is 0 Å². The zero-order valence-electron chi connectivity index (χ0n) is 12.9. The summed E-state index contributed by atoms with van der Waals surface area (Å²) in [6.45, 7) is 0. The third-order valence-electron chi connectivity index (χ3n) is 4.07. The van der Waals surface area contributed by atoms with Crippen LogP contribution in [0.3, 0.4) is 0 Å². The van der Waals surface area contributed by atoms with Gasteiger partial charge in [-0.25, -0.2) is 9.97 Å². The molecule has 0 saturated heterocycles. The summed E-state index contributed by atoms with van der Waals surface area (Å²) >= 11 is 0. The van der Waals surface area contributed by atoms with Gasteiger partial charge in [0, 0.05) is 6.04 Å². The highest BCUT2D eigenvalue weighted by Crippen LogP contribution is 2.37. The van der Waals surface area contributed by atoms with Gasteiger partial charge in [0.05, 0.1) is 11.3 Å². The van der Waals surface area contributed by atoms with Crippen LogP contribution in [0, 0.1) is 0 Å². The molecule has 0 aliphatic heterocycles. The van der Waals surface area contributed by atoms with Crippen LogP contribution in [0.5, 0.6) is 0 Å². The Morgan fingerprint density at radius 2 is 1.71 bits per heavy atom. The van der Waals surface area contributed by atoms with Gasteiger partial charge in [-0.1, -0.05) is 25.0 Å². The molecule has 1 aromatic carbocycles. The minimum Gasteiger partial charge on any atom is -0.393 e. The smallest absolute Gasteiger partial charge is 0.393 e. The van der Waals surface area contributed by atoms with Gasteiger partial charge in [-0.3, -0.25) is 0 Å². The first-order valence-corrected chi connectivity index (χ1v) is 7.75. The van der Waals surface area contributed by atoms with E-state index in [1.807, 2.05) is 0 Å². The average Bonchev–Trinajstić information content (AvgIpc) is 3.04. The lowest BCUT2D eigenvalue weighted by Crippen LogP contribution is -2.18. The number of benzene rings is 1. The highest BCUT2D eigenvalue weighted by Gasteiger charge is 2.33. The van der Waals surface area contributed by atoms with Crippen LogP contribution in [0.25, 0.3) is 0 Å². The van der Waals surface area contributed by atoms with Gasteiger partial charge >= 0.3 is 6.18 Å². The summed E-state index contributed by atoms with van der Waals surface area (Å²) in [5.74, 6) is 0.603. The molecule has 128 valence electrons. The van der Waals surface area contributed by atoms with Crippen molar-refractivity contribution in [2.75, 3.05) is 16.4 Å². The normalized spacial score (nSPS) is 15.5. The second-order valence-electron chi connectivity index (χ2n) is 5.78. The first kappa shape index (κ1) is 16.4. The van der Waals surface area contributed by atoms with Crippen molar-refractivity contribution in [1.82, 2.24) is 9.97 Å². The Hall–Kier alpha value is -2.51. The fraction of sp³-hybridized carbons (Fsp3) is 0.375. The van der Waals surface area contributed by atoms with Crippen LogP contribution in [0.2, 0.25) is 0 Å². The maximum absolute atomic E-state index is 13.1. The van der Waals surface area contributed by atoms with Crippen LogP contribution in [0.15, 0.2) is 30.6 Å². The first-order valence-electron chi connectivity index (χ1n) is 7.75. The molecule has 0 radical (unpaired) electrons. The Labute approximate surface area is 137 Å². The van der Waals surface area contributed by atoms with Gasteiger partial charge in [-0.2, -0.15) is 13.2 Å². The maximum atomic E-state index is 13.1. The SMILES string of the molecule is Nc1c(Nc2ccccc2C(F)(F)F)ncnc1NC1CCCC1. The number of hydrogen-bond donors (Lipinski definition) is 3. The van der Waals surface area contributed by atoms with Crippen molar-refractivity contribution in [2.45, 2.75) is 37.9 Å².